The van der Waals surface area contributed by atoms with Crippen LogP contribution in [-0.4, -0.2) is 4.98 Å². The third-order valence-corrected chi connectivity index (χ3v) is 1.80. The van der Waals surface area contributed by atoms with Crippen LogP contribution in [-0.2, 0) is 0 Å². The molecule has 0 amide bonds. The largest absolute Gasteiger partial charge is 0.261 e. The van der Waals surface area contributed by atoms with Crippen LogP contribution in [0.2, 0.25) is 0 Å². The van der Waals surface area contributed by atoms with Gasteiger partial charge in [-0.05, 0) is 37.5 Å². The molecule has 0 spiro atoms. The zero-order valence-corrected chi connectivity index (χ0v) is 7.96. The fraction of sp³-hybridized carbons (Fsp3) is 0.364. The Morgan fingerprint density at radius 2 is 2.17 bits per heavy atom. The van der Waals surface area contributed by atoms with Crippen molar-refractivity contribution in [2.45, 2.75) is 27.2 Å². The minimum absolute atomic E-state index is 1.08. The van der Waals surface area contributed by atoms with Crippen LogP contribution in [0.3, 0.4) is 0 Å². The van der Waals surface area contributed by atoms with Crippen molar-refractivity contribution in [1.29, 1.82) is 0 Å². The van der Waals surface area contributed by atoms with Crippen LogP contribution in [0, 0.1) is 13.8 Å². The standard InChI is InChI=1S/C11H15N/c1-4-5-6-11-7-9(2)8-12-10(11)3/h5-8H,4H2,1-3H3/b6-5-. The van der Waals surface area contributed by atoms with Gasteiger partial charge in [0, 0.05) is 11.9 Å². The molecule has 1 aromatic heterocycles. The Hall–Kier alpha value is -1.11. The molecule has 12 heavy (non-hydrogen) atoms. The summed E-state index contributed by atoms with van der Waals surface area (Å²) in [5.74, 6) is 0. The summed E-state index contributed by atoms with van der Waals surface area (Å²) in [6.07, 6.45) is 7.27. The lowest BCUT2D eigenvalue weighted by molar-refractivity contribution is 1.15. The molecule has 0 saturated heterocycles. The Morgan fingerprint density at radius 1 is 1.42 bits per heavy atom. The quantitative estimate of drug-likeness (QED) is 0.649. The van der Waals surface area contributed by atoms with Gasteiger partial charge in [0.2, 0.25) is 0 Å². The van der Waals surface area contributed by atoms with E-state index >= 15 is 0 Å². The number of hydrogen-bond donors (Lipinski definition) is 0. The van der Waals surface area contributed by atoms with Crippen LogP contribution < -0.4 is 0 Å². The maximum atomic E-state index is 4.28. The summed E-state index contributed by atoms with van der Waals surface area (Å²) in [6, 6.07) is 2.16. The normalized spacial score (nSPS) is 10.9. The molecule has 1 aromatic rings. The summed E-state index contributed by atoms with van der Waals surface area (Å²) in [5.41, 5.74) is 3.55. The Labute approximate surface area is 74.2 Å². The number of aromatic nitrogens is 1. The molecule has 0 aliphatic carbocycles. The number of rotatable bonds is 2. The molecular formula is C11H15N. The highest BCUT2D eigenvalue weighted by atomic mass is 14.7. The molecule has 1 rings (SSSR count). The van der Waals surface area contributed by atoms with Crippen LogP contribution in [0.5, 0.6) is 0 Å². The van der Waals surface area contributed by atoms with E-state index in [9.17, 15) is 0 Å². The lowest BCUT2D eigenvalue weighted by Crippen LogP contribution is -1.86. The SMILES string of the molecule is CC/C=C\c1cc(C)cnc1C. The highest BCUT2D eigenvalue weighted by Gasteiger charge is 1.94. The van der Waals surface area contributed by atoms with E-state index in [-0.39, 0.29) is 0 Å². The summed E-state index contributed by atoms with van der Waals surface area (Å²) in [6.45, 7) is 6.24. The fourth-order valence-corrected chi connectivity index (χ4v) is 1.07. The van der Waals surface area contributed by atoms with E-state index in [2.05, 4.69) is 37.0 Å². The van der Waals surface area contributed by atoms with Crippen molar-refractivity contribution >= 4 is 6.08 Å². The van der Waals surface area contributed by atoms with Gasteiger partial charge in [0.1, 0.15) is 0 Å². The molecule has 0 aliphatic rings. The molecule has 64 valence electrons. The highest BCUT2D eigenvalue weighted by Crippen LogP contribution is 2.09. The second-order valence-electron chi connectivity index (χ2n) is 3.00. The molecule has 0 unspecified atom stereocenters. The van der Waals surface area contributed by atoms with Gasteiger partial charge in [-0.15, -0.1) is 0 Å². The number of nitrogens with zero attached hydrogens (tertiary/aromatic N) is 1. The van der Waals surface area contributed by atoms with E-state index in [1.54, 1.807) is 0 Å². The van der Waals surface area contributed by atoms with Crippen LogP contribution in [0.4, 0.5) is 0 Å². The van der Waals surface area contributed by atoms with Crippen LogP contribution in [0.15, 0.2) is 18.3 Å². The minimum Gasteiger partial charge on any atom is -0.261 e. The lowest BCUT2D eigenvalue weighted by atomic mass is 10.1. The highest BCUT2D eigenvalue weighted by molar-refractivity contribution is 5.52. The first kappa shape index (κ1) is 8.98. The molecule has 0 bridgehead atoms. The molecule has 0 N–H and O–H groups in total. The van der Waals surface area contributed by atoms with Gasteiger partial charge < -0.3 is 0 Å². The Balaban J connectivity index is 2.97. The Bertz CT molecular complexity index is 287. The molecule has 1 heteroatoms. The van der Waals surface area contributed by atoms with Gasteiger partial charge in [-0.2, -0.15) is 0 Å². The van der Waals surface area contributed by atoms with Gasteiger partial charge in [0.15, 0.2) is 0 Å². The lowest BCUT2D eigenvalue weighted by Gasteiger charge is -1.99. The van der Waals surface area contributed by atoms with Crippen molar-refractivity contribution in [2.24, 2.45) is 0 Å². The average Bonchev–Trinajstić information content (AvgIpc) is 2.07. The summed E-state index contributed by atoms with van der Waals surface area (Å²) in [7, 11) is 0. The maximum Gasteiger partial charge on any atom is 0.0444 e. The predicted molar refractivity (Wildman–Crippen MR) is 53.0 cm³/mol. The van der Waals surface area contributed by atoms with Crippen molar-refractivity contribution in [2.75, 3.05) is 0 Å². The smallest absolute Gasteiger partial charge is 0.0444 e. The van der Waals surface area contributed by atoms with Gasteiger partial charge in [-0.25, -0.2) is 0 Å². The van der Waals surface area contributed by atoms with Gasteiger partial charge in [-0.3, -0.25) is 4.98 Å². The summed E-state index contributed by atoms with van der Waals surface area (Å²) in [4.78, 5) is 4.28. The van der Waals surface area contributed by atoms with E-state index in [1.807, 2.05) is 13.1 Å². The Morgan fingerprint density at radius 3 is 2.83 bits per heavy atom. The molecule has 0 radical (unpaired) electrons. The zero-order chi connectivity index (χ0) is 8.97. The molecular weight excluding hydrogens is 146 g/mol. The van der Waals surface area contributed by atoms with Crippen molar-refractivity contribution in [3.63, 3.8) is 0 Å². The first-order chi connectivity index (χ1) is 5.74. The number of hydrogen-bond acceptors (Lipinski definition) is 1. The minimum atomic E-state index is 1.08. The van der Waals surface area contributed by atoms with Gasteiger partial charge in [0.25, 0.3) is 0 Å². The predicted octanol–water partition coefficient (Wildman–Crippen LogP) is 3.12. The van der Waals surface area contributed by atoms with Crippen molar-refractivity contribution in [1.82, 2.24) is 4.98 Å². The monoisotopic (exact) mass is 161 g/mol. The maximum absolute atomic E-state index is 4.28. The molecule has 1 heterocycles. The number of allylic oxidation sites excluding steroid dienone is 1. The van der Waals surface area contributed by atoms with Gasteiger partial charge >= 0.3 is 0 Å². The Kier molecular flexibility index (Phi) is 3.03. The number of pyridine rings is 1. The summed E-state index contributed by atoms with van der Waals surface area (Å²) < 4.78 is 0. The average molecular weight is 161 g/mol. The van der Waals surface area contributed by atoms with E-state index in [0.29, 0.717) is 0 Å². The topological polar surface area (TPSA) is 12.9 Å². The van der Waals surface area contributed by atoms with Crippen LogP contribution >= 0.6 is 0 Å². The fourth-order valence-electron chi connectivity index (χ4n) is 1.07. The second kappa shape index (κ2) is 4.05. The summed E-state index contributed by atoms with van der Waals surface area (Å²) in [5, 5.41) is 0. The molecule has 0 aromatic carbocycles. The summed E-state index contributed by atoms with van der Waals surface area (Å²) >= 11 is 0. The van der Waals surface area contributed by atoms with Gasteiger partial charge in [-0.1, -0.05) is 19.1 Å². The van der Waals surface area contributed by atoms with Gasteiger partial charge in [0.05, 0.1) is 0 Å². The van der Waals surface area contributed by atoms with E-state index in [4.69, 9.17) is 0 Å². The van der Waals surface area contributed by atoms with Crippen molar-refractivity contribution < 1.29 is 0 Å². The van der Waals surface area contributed by atoms with Crippen molar-refractivity contribution in [3.8, 4) is 0 Å². The number of aryl methyl sites for hydroxylation is 2. The van der Waals surface area contributed by atoms with E-state index in [0.717, 1.165) is 12.1 Å². The third-order valence-electron chi connectivity index (χ3n) is 1.80. The van der Waals surface area contributed by atoms with Crippen LogP contribution in [0.1, 0.15) is 30.2 Å². The molecule has 0 atom stereocenters. The van der Waals surface area contributed by atoms with E-state index in [1.165, 1.54) is 11.1 Å². The zero-order valence-electron chi connectivity index (χ0n) is 7.96. The molecule has 0 aliphatic heterocycles. The first-order valence-corrected chi connectivity index (χ1v) is 4.34. The molecule has 0 fully saturated rings. The van der Waals surface area contributed by atoms with E-state index < -0.39 is 0 Å². The first-order valence-electron chi connectivity index (χ1n) is 4.34. The second-order valence-corrected chi connectivity index (χ2v) is 3.00. The van der Waals surface area contributed by atoms with Crippen molar-refractivity contribution in [3.05, 3.63) is 35.2 Å². The van der Waals surface area contributed by atoms with Crippen LogP contribution in [0.25, 0.3) is 6.08 Å². The third kappa shape index (κ3) is 2.19. The molecule has 0 saturated carbocycles. The molecule has 1 nitrogen and oxygen atoms in total.